The molecule has 0 spiro atoms. The third-order valence-electron chi connectivity index (χ3n) is 3.05. The summed E-state index contributed by atoms with van der Waals surface area (Å²) < 4.78 is 13.6. The number of nitrogens with one attached hydrogen (secondary N) is 1. The number of benzene rings is 1. The molecule has 1 unspecified atom stereocenters. The summed E-state index contributed by atoms with van der Waals surface area (Å²) in [7, 11) is 0. The zero-order chi connectivity index (χ0) is 14.9. The molecule has 7 nitrogen and oxygen atoms in total. The van der Waals surface area contributed by atoms with Gasteiger partial charge >= 0.3 is 5.97 Å². The van der Waals surface area contributed by atoms with Crippen LogP contribution in [0.3, 0.4) is 0 Å². The Morgan fingerprint density at radius 3 is 2.90 bits per heavy atom. The minimum Gasteiger partial charge on any atom is -0.480 e. The zero-order valence-electron chi connectivity index (χ0n) is 10.2. The SMILES string of the molecule is O=C(O)C1CNCCN1c1cc(F)c(Cl)cc1[N+](=O)[O-]. The van der Waals surface area contributed by atoms with Crippen molar-refractivity contribution in [3.8, 4) is 0 Å². The van der Waals surface area contributed by atoms with Crippen LogP contribution in [0.5, 0.6) is 0 Å². The minimum absolute atomic E-state index is 0.0780. The second kappa shape index (κ2) is 5.59. The topological polar surface area (TPSA) is 95.7 Å². The van der Waals surface area contributed by atoms with E-state index in [-0.39, 0.29) is 23.8 Å². The first-order chi connectivity index (χ1) is 9.41. The lowest BCUT2D eigenvalue weighted by Crippen LogP contribution is -2.55. The molecule has 9 heteroatoms. The molecule has 0 amide bonds. The van der Waals surface area contributed by atoms with Crippen LogP contribution in [0.25, 0.3) is 0 Å². The lowest BCUT2D eigenvalue weighted by molar-refractivity contribution is -0.384. The van der Waals surface area contributed by atoms with Gasteiger partial charge in [0.25, 0.3) is 5.69 Å². The molecule has 2 N–H and O–H groups in total. The highest BCUT2D eigenvalue weighted by Gasteiger charge is 2.33. The highest BCUT2D eigenvalue weighted by molar-refractivity contribution is 6.31. The molecular weight excluding hydrogens is 293 g/mol. The van der Waals surface area contributed by atoms with Gasteiger partial charge in [-0.05, 0) is 0 Å². The van der Waals surface area contributed by atoms with E-state index in [0.717, 1.165) is 12.1 Å². The molecule has 1 atom stereocenters. The number of nitro benzene ring substituents is 1. The highest BCUT2D eigenvalue weighted by atomic mass is 35.5. The molecule has 1 aliphatic rings. The molecule has 0 aromatic heterocycles. The third kappa shape index (κ3) is 2.66. The van der Waals surface area contributed by atoms with Crippen molar-refractivity contribution in [3.05, 3.63) is 33.1 Å². The largest absolute Gasteiger partial charge is 0.480 e. The van der Waals surface area contributed by atoms with Crippen molar-refractivity contribution in [2.75, 3.05) is 24.5 Å². The average Bonchev–Trinajstić information content (AvgIpc) is 2.41. The van der Waals surface area contributed by atoms with E-state index in [4.69, 9.17) is 16.7 Å². The van der Waals surface area contributed by atoms with Crippen LogP contribution in [-0.2, 0) is 4.79 Å². The molecule has 0 radical (unpaired) electrons. The normalized spacial score (nSPS) is 18.9. The highest BCUT2D eigenvalue weighted by Crippen LogP contribution is 2.34. The number of carbonyl (C=O) groups is 1. The van der Waals surface area contributed by atoms with Crippen LogP contribution in [0, 0.1) is 15.9 Å². The number of halogens is 2. The van der Waals surface area contributed by atoms with E-state index in [1.54, 1.807) is 0 Å². The molecule has 2 rings (SSSR count). The predicted molar refractivity (Wildman–Crippen MR) is 69.7 cm³/mol. The average molecular weight is 304 g/mol. The van der Waals surface area contributed by atoms with Crippen molar-refractivity contribution in [1.29, 1.82) is 0 Å². The van der Waals surface area contributed by atoms with E-state index >= 15 is 0 Å². The standard InChI is InChI=1S/C11H11ClFN3O4/c12-6-3-9(16(19)20)8(4-7(6)13)15-2-1-14-5-10(15)11(17)18/h3-4,10,14H,1-2,5H2,(H,17,18). The first-order valence-electron chi connectivity index (χ1n) is 5.75. The summed E-state index contributed by atoms with van der Waals surface area (Å²) >= 11 is 5.54. The van der Waals surface area contributed by atoms with Crippen molar-refractivity contribution >= 4 is 28.9 Å². The van der Waals surface area contributed by atoms with Crippen LogP contribution in [0.2, 0.25) is 5.02 Å². The number of nitro groups is 1. The Labute approximate surface area is 118 Å². The Morgan fingerprint density at radius 1 is 1.60 bits per heavy atom. The minimum atomic E-state index is -1.14. The summed E-state index contributed by atoms with van der Waals surface area (Å²) in [4.78, 5) is 22.8. The summed E-state index contributed by atoms with van der Waals surface area (Å²) in [6.45, 7) is 0.792. The van der Waals surface area contributed by atoms with Gasteiger partial charge < -0.3 is 15.3 Å². The first-order valence-corrected chi connectivity index (χ1v) is 6.13. The predicted octanol–water partition coefficient (Wildman–Crippen LogP) is 1.25. The number of rotatable bonds is 3. The monoisotopic (exact) mass is 303 g/mol. The van der Waals surface area contributed by atoms with E-state index in [1.165, 1.54) is 4.90 Å². The molecule has 1 saturated heterocycles. The molecule has 1 fully saturated rings. The summed E-state index contributed by atoms with van der Waals surface area (Å²) in [6, 6.07) is 0.803. The number of carboxylic acids is 1. The second-order valence-electron chi connectivity index (χ2n) is 4.26. The van der Waals surface area contributed by atoms with Gasteiger partial charge in [0.05, 0.1) is 9.95 Å². The van der Waals surface area contributed by atoms with Crippen molar-refractivity contribution in [2.45, 2.75) is 6.04 Å². The lowest BCUT2D eigenvalue weighted by Gasteiger charge is -2.34. The van der Waals surface area contributed by atoms with Gasteiger partial charge in [-0.3, -0.25) is 10.1 Å². The molecule has 108 valence electrons. The molecule has 0 bridgehead atoms. The maximum Gasteiger partial charge on any atom is 0.327 e. The van der Waals surface area contributed by atoms with Gasteiger partial charge in [-0.2, -0.15) is 0 Å². The van der Waals surface area contributed by atoms with Crippen LogP contribution in [0.1, 0.15) is 0 Å². The molecule has 1 aliphatic heterocycles. The molecule has 1 aromatic rings. The molecular formula is C11H11ClFN3O4. The number of hydrogen-bond donors (Lipinski definition) is 2. The number of aliphatic carboxylic acids is 1. The molecule has 1 heterocycles. The summed E-state index contributed by atoms with van der Waals surface area (Å²) in [5.74, 6) is -1.96. The van der Waals surface area contributed by atoms with E-state index < -0.39 is 28.4 Å². The number of carboxylic acid groups (broad SMARTS) is 1. The van der Waals surface area contributed by atoms with Crippen molar-refractivity contribution < 1.29 is 19.2 Å². The Hall–Kier alpha value is -1.93. The van der Waals surface area contributed by atoms with Crippen LogP contribution in [0.4, 0.5) is 15.8 Å². The number of piperazine rings is 1. The van der Waals surface area contributed by atoms with Gasteiger partial charge in [-0.25, -0.2) is 9.18 Å². The third-order valence-corrected chi connectivity index (χ3v) is 3.34. The van der Waals surface area contributed by atoms with Crippen LogP contribution < -0.4 is 10.2 Å². The molecule has 0 saturated carbocycles. The Morgan fingerprint density at radius 2 is 2.30 bits per heavy atom. The van der Waals surface area contributed by atoms with Gasteiger partial charge in [0.15, 0.2) is 0 Å². The molecule has 20 heavy (non-hydrogen) atoms. The van der Waals surface area contributed by atoms with Crippen molar-refractivity contribution in [1.82, 2.24) is 5.32 Å². The van der Waals surface area contributed by atoms with Crippen LogP contribution in [0.15, 0.2) is 12.1 Å². The van der Waals surface area contributed by atoms with Crippen molar-refractivity contribution in [2.24, 2.45) is 0 Å². The number of hydrogen-bond acceptors (Lipinski definition) is 5. The fourth-order valence-corrected chi connectivity index (χ4v) is 2.27. The Balaban J connectivity index is 2.51. The van der Waals surface area contributed by atoms with Crippen LogP contribution >= 0.6 is 11.6 Å². The maximum atomic E-state index is 13.6. The summed E-state index contributed by atoms with van der Waals surface area (Å²) in [5, 5.41) is 22.7. The van der Waals surface area contributed by atoms with E-state index in [0.29, 0.717) is 6.54 Å². The van der Waals surface area contributed by atoms with Crippen molar-refractivity contribution in [3.63, 3.8) is 0 Å². The molecule has 0 aliphatic carbocycles. The Kier molecular flexibility index (Phi) is 4.05. The smallest absolute Gasteiger partial charge is 0.327 e. The van der Waals surface area contributed by atoms with Gasteiger partial charge in [0.2, 0.25) is 0 Å². The first kappa shape index (κ1) is 14.5. The lowest BCUT2D eigenvalue weighted by atomic mass is 10.1. The van der Waals surface area contributed by atoms with Crippen LogP contribution in [-0.4, -0.2) is 41.7 Å². The van der Waals surface area contributed by atoms with E-state index in [9.17, 15) is 19.3 Å². The fourth-order valence-electron chi connectivity index (χ4n) is 2.12. The fraction of sp³-hybridized carbons (Fsp3) is 0.364. The summed E-state index contributed by atoms with van der Waals surface area (Å²) in [6.07, 6.45) is 0. The zero-order valence-corrected chi connectivity index (χ0v) is 10.9. The summed E-state index contributed by atoms with van der Waals surface area (Å²) in [5.41, 5.74) is -0.490. The maximum absolute atomic E-state index is 13.6. The molecule has 1 aromatic carbocycles. The van der Waals surface area contributed by atoms with Gasteiger partial charge in [0, 0.05) is 31.8 Å². The van der Waals surface area contributed by atoms with E-state index in [1.807, 2.05) is 0 Å². The van der Waals surface area contributed by atoms with Gasteiger partial charge in [-0.1, -0.05) is 11.6 Å². The van der Waals surface area contributed by atoms with Gasteiger partial charge in [-0.15, -0.1) is 0 Å². The van der Waals surface area contributed by atoms with E-state index in [2.05, 4.69) is 5.32 Å². The number of anilines is 1. The Bertz CT molecular complexity index is 569. The quantitative estimate of drug-likeness (QED) is 0.644. The van der Waals surface area contributed by atoms with Gasteiger partial charge in [0.1, 0.15) is 17.5 Å². The number of nitrogens with zero attached hydrogens (tertiary/aromatic N) is 2. The second-order valence-corrected chi connectivity index (χ2v) is 4.67.